The first-order valence-electron chi connectivity index (χ1n) is 10.5. The molecule has 0 spiro atoms. The highest BCUT2D eigenvalue weighted by molar-refractivity contribution is 7.19. The molecule has 0 N–H and O–H groups in total. The van der Waals surface area contributed by atoms with Crippen molar-refractivity contribution in [2.24, 2.45) is 0 Å². The van der Waals surface area contributed by atoms with E-state index in [-0.39, 0.29) is 5.28 Å². The van der Waals surface area contributed by atoms with Gasteiger partial charge in [-0.05, 0) is 42.3 Å². The summed E-state index contributed by atoms with van der Waals surface area (Å²) in [6.45, 7) is 5.24. The normalized spacial score (nSPS) is 14.1. The average molecular weight is 483 g/mol. The predicted octanol–water partition coefficient (Wildman–Crippen LogP) is 4.45. The van der Waals surface area contributed by atoms with E-state index in [1.54, 1.807) is 38.0 Å². The van der Waals surface area contributed by atoms with Gasteiger partial charge >= 0.3 is 0 Å². The van der Waals surface area contributed by atoms with Crippen LogP contribution in [0.5, 0.6) is 11.5 Å². The average Bonchev–Trinajstić information content (AvgIpc) is 3.19. The number of hydrogen-bond donors (Lipinski definition) is 0. The van der Waals surface area contributed by atoms with Crippen molar-refractivity contribution >= 4 is 44.9 Å². The Morgan fingerprint density at radius 1 is 0.939 bits per heavy atom. The van der Waals surface area contributed by atoms with Gasteiger partial charge in [0.05, 0.1) is 19.6 Å². The smallest absolute Gasteiger partial charge is 0.225 e. The second-order valence-electron chi connectivity index (χ2n) is 7.62. The SMILES string of the molecule is COc1ccc(-c2c(C)sc3nc(Cl)nc(N4CCN(c5ncccn5)CC4)c23)cc1OC. The molecule has 1 aromatic carbocycles. The highest BCUT2D eigenvalue weighted by Crippen LogP contribution is 2.44. The first kappa shape index (κ1) is 21.7. The Balaban J connectivity index is 1.55. The molecule has 1 fully saturated rings. The van der Waals surface area contributed by atoms with Gasteiger partial charge in [0, 0.05) is 49.0 Å². The number of nitrogens with zero attached hydrogens (tertiary/aromatic N) is 6. The quantitative estimate of drug-likeness (QED) is 0.386. The van der Waals surface area contributed by atoms with Crippen LogP contribution in [-0.2, 0) is 0 Å². The van der Waals surface area contributed by atoms with Crippen LogP contribution in [-0.4, -0.2) is 60.3 Å². The van der Waals surface area contributed by atoms with Crippen molar-refractivity contribution < 1.29 is 9.47 Å². The molecule has 0 amide bonds. The first-order valence-corrected chi connectivity index (χ1v) is 11.7. The summed E-state index contributed by atoms with van der Waals surface area (Å²) >= 11 is 7.98. The lowest BCUT2D eigenvalue weighted by atomic mass is 10.0. The number of aromatic nitrogens is 4. The van der Waals surface area contributed by atoms with Gasteiger partial charge in [0.15, 0.2) is 11.5 Å². The lowest BCUT2D eigenvalue weighted by molar-refractivity contribution is 0.355. The molecule has 0 unspecified atom stereocenters. The van der Waals surface area contributed by atoms with Crippen LogP contribution in [0.3, 0.4) is 0 Å². The number of rotatable bonds is 5. The molecule has 0 atom stereocenters. The fraction of sp³-hybridized carbons (Fsp3) is 0.304. The van der Waals surface area contributed by atoms with Crippen LogP contribution in [0.25, 0.3) is 21.3 Å². The van der Waals surface area contributed by atoms with Crippen LogP contribution in [0.1, 0.15) is 4.88 Å². The third-order valence-corrected chi connectivity index (χ3v) is 6.94. The largest absolute Gasteiger partial charge is 0.493 e. The number of hydrogen-bond acceptors (Lipinski definition) is 9. The molecule has 4 aromatic rings. The maximum absolute atomic E-state index is 6.35. The minimum absolute atomic E-state index is 0.256. The molecule has 0 bridgehead atoms. The second-order valence-corrected chi connectivity index (χ2v) is 9.16. The van der Waals surface area contributed by atoms with E-state index in [0.717, 1.165) is 64.2 Å². The van der Waals surface area contributed by atoms with E-state index in [2.05, 4.69) is 36.7 Å². The van der Waals surface area contributed by atoms with Crippen molar-refractivity contribution in [3.05, 3.63) is 46.8 Å². The summed E-state index contributed by atoms with van der Waals surface area (Å²) in [5, 5.41) is 1.27. The van der Waals surface area contributed by atoms with Gasteiger partial charge in [-0.2, -0.15) is 4.98 Å². The molecular formula is C23H23ClN6O2S. The highest BCUT2D eigenvalue weighted by Gasteiger charge is 2.26. The zero-order valence-electron chi connectivity index (χ0n) is 18.6. The van der Waals surface area contributed by atoms with Gasteiger partial charge in [-0.25, -0.2) is 15.0 Å². The summed E-state index contributed by atoms with van der Waals surface area (Å²) < 4.78 is 11.0. The zero-order valence-corrected chi connectivity index (χ0v) is 20.2. The number of aryl methyl sites for hydroxylation is 1. The van der Waals surface area contributed by atoms with E-state index in [4.69, 9.17) is 21.1 Å². The lowest BCUT2D eigenvalue weighted by Crippen LogP contribution is -2.47. The van der Waals surface area contributed by atoms with Crippen LogP contribution in [0.15, 0.2) is 36.7 Å². The number of benzene rings is 1. The molecule has 0 saturated carbocycles. The summed E-state index contributed by atoms with van der Waals surface area (Å²) in [4.78, 5) is 24.5. The Labute approximate surface area is 200 Å². The number of piperazine rings is 1. The molecule has 3 aromatic heterocycles. The maximum Gasteiger partial charge on any atom is 0.225 e. The Hall–Kier alpha value is -3.17. The Morgan fingerprint density at radius 3 is 2.33 bits per heavy atom. The maximum atomic E-state index is 6.35. The molecular weight excluding hydrogens is 460 g/mol. The summed E-state index contributed by atoms with van der Waals surface area (Å²) in [5.74, 6) is 2.98. The molecule has 10 heteroatoms. The van der Waals surface area contributed by atoms with Crippen molar-refractivity contribution in [3.8, 4) is 22.6 Å². The fourth-order valence-electron chi connectivity index (χ4n) is 4.21. The van der Waals surface area contributed by atoms with E-state index in [0.29, 0.717) is 11.5 Å². The number of thiophene rings is 1. The first-order chi connectivity index (χ1) is 16.1. The van der Waals surface area contributed by atoms with Gasteiger partial charge in [0.1, 0.15) is 10.6 Å². The summed E-state index contributed by atoms with van der Waals surface area (Å²) in [6, 6.07) is 7.79. The van der Waals surface area contributed by atoms with E-state index in [1.807, 2.05) is 24.3 Å². The molecule has 8 nitrogen and oxygen atoms in total. The minimum Gasteiger partial charge on any atom is -0.493 e. The van der Waals surface area contributed by atoms with E-state index in [1.165, 1.54) is 0 Å². The van der Waals surface area contributed by atoms with Crippen molar-refractivity contribution in [2.45, 2.75) is 6.92 Å². The summed E-state index contributed by atoms with van der Waals surface area (Å²) in [5.41, 5.74) is 2.12. The Bertz CT molecular complexity index is 1290. The Kier molecular flexibility index (Phi) is 5.90. The van der Waals surface area contributed by atoms with Gasteiger partial charge in [-0.15, -0.1) is 11.3 Å². The summed E-state index contributed by atoms with van der Waals surface area (Å²) in [7, 11) is 3.28. The molecule has 1 aliphatic rings. The lowest BCUT2D eigenvalue weighted by Gasteiger charge is -2.35. The third kappa shape index (κ3) is 4.02. The molecule has 0 radical (unpaired) electrons. The molecule has 5 rings (SSSR count). The van der Waals surface area contributed by atoms with Crippen molar-refractivity contribution in [2.75, 3.05) is 50.2 Å². The molecule has 4 heterocycles. The Morgan fingerprint density at radius 2 is 1.64 bits per heavy atom. The van der Waals surface area contributed by atoms with Gasteiger partial charge < -0.3 is 19.3 Å². The number of anilines is 2. The van der Waals surface area contributed by atoms with Gasteiger partial charge in [0.2, 0.25) is 11.2 Å². The van der Waals surface area contributed by atoms with Crippen LogP contribution in [0.2, 0.25) is 5.28 Å². The van der Waals surface area contributed by atoms with Crippen LogP contribution < -0.4 is 19.3 Å². The van der Waals surface area contributed by atoms with Crippen molar-refractivity contribution in [3.63, 3.8) is 0 Å². The number of fused-ring (bicyclic) bond motifs is 1. The van der Waals surface area contributed by atoms with E-state index < -0.39 is 0 Å². The second kappa shape index (κ2) is 8.99. The monoisotopic (exact) mass is 482 g/mol. The van der Waals surface area contributed by atoms with Gasteiger partial charge in [0.25, 0.3) is 0 Å². The van der Waals surface area contributed by atoms with Crippen LogP contribution in [0.4, 0.5) is 11.8 Å². The minimum atomic E-state index is 0.256. The van der Waals surface area contributed by atoms with Gasteiger partial charge in [-0.1, -0.05) is 6.07 Å². The topological polar surface area (TPSA) is 76.5 Å². The standard InChI is InChI=1S/C23H23ClN6O2S/c1-14-18(15-5-6-16(31-2)17(13-15)32-3)19-20(27-22(24)28-21(19)33-14)29-9-11-30(12-10-29)23-25-7-4-8-26-23/h4-8,13H,9-12H2,1-3H3. The highest BCUT2D eigenvalue weighted by atomic mass is 35.5. The molecule has 170 valence electrons. The predicted molar refractivity (Wildman–Crippen MR) is 132 cm³/mol. The molecule has 1 aliphatic heterocycles. The van der Waals surface area contributed by atoms with E-state index >= 15 is 0 Å². The molecule has 0 aliphatic carbocycles. The molecule has 1 saturated heterocycles. The number of ether oxygens (including phenoxy) is 2. The van der Waals surface area contributed by atoms with Gasteiger partial charge in [-0.3, -0.25) is 0 Å². The zero-order chi connectivity index (χ0) is 22.9. The van der Waals surface area contributed by atoms with Crippen molar-refractivity contribution in [1.29, 1.82) is 0 Å². The third-order valence-electron chi connectivity index (χ3n) is 5.77. The number of methoxy groups -OCH3 is 2. The van der Waals surface area contributed by atoms with Crippen LogP contribution in [0, 0.1) is 6.92 Å². The molecule has 33 heavy (non-hydrogen) atoms. The summed E-state index contributed by atoms with van der Waals surface area (Å²) in [6.07, 6.45) is 3.54. The van der Waals surface area contributed by atoms with Crippen LogP contribution >= 0.6 is 22.9 Å². The fourth-order valence-corrected chi connectivity index (χ4v) is 5.46. The number of halogens is 1. The van der Waals surface area contributed by atoms with Crippen molar-refractivity contribution in [1.82, 2.24) is 19.9 Å². The van der Waals surface area contributed by atoms with E-state index in [9.17, 15) is 0 Å².